The summed E-state index contributed by atoms with van der Waals surface area (Å²) in [5.41, 5.74) is 6.49. The Morgan fingerprint density at radius 1 is 1.10 bits per heavy atom. The summed E-state index contributed by atoms with van der Waals surface area (Å²) in [5, 5.41) is 0. The van der Waals surface area contributed by atoms with Crippen LogP contribution in [-0.2, 0) is 0 Å². The van der Waals surface area contributed by atoms with Gasteiger partial charge in [-0.25, -0.2) is 4.39 Å². The Labute approximate surface area is 122 Å². The largest absolute Gasteiger partial charge is 0.497 e. The Bertz CT molecular complexity index is 698. The number of hydrogen-bond acceptors (Lipinski definition) is 4. The molecule has 4 nitrogen and oxygen atoms in total. The van der Waals surface area contributed by atoms with Crippen molar-refractivity contribution < 1.29 is 18.7 Å². The molecule has 2 N–H and O–H groups in total. The highest BCUT2D eigenvalue weighted by Gasteiger charge is 2.20. The van der Waals surface area contributed by atoms with Crippen LogP contribution in [0, 0.1) is 12.7 Å². The molecule has 0 saturated heterocycles. The molecule has 2 aromatic carbocycles. The van der Waals surface area contributed by atoms with Crippen LogP contribution in [0.3, 0.4) is 0 Å². The fourth-order valence-corrected chi connectivity index (χ4v) is 2.10. The highest BCUT2D eigenvalue weighted by molar-refractivity contribution is 6.11. The highest BCUT2D eigenvalue weighted by Crippen LogP contribution is 2.28. The lowest BCUT2D eigenvalue weighted by Gasteiger charge is -2.11. The normalized spacial score (nSPS) is 10.3. The monoisotopic (exact) mass is 289 g/mol. The molecule has 0 atom stereocenters. The topological polar surface area (TPSA) is 61.5 Å². The Balaban J connectivity index is 2.59. The molecule has 0 bridgehead atoms. The number of nitrogen functional groups attached to an aromatic ring is 1. The van der Waals surface area contributed by atoms with Gasteiger partial charge in [0.2, 0.25) is 0 Å². The number of nitrogens with two attached hydrogens (primary N) is 1. The third-order valence-electron chi connectivity index (χ3n) is 3.17. The summed E-state index contributed by atoms with van der Waals surface area (Å²) in [4.78, 5) is 12.6. The van der Waals surface area contributed by atoms with Crippen molar-refractivity contribution >= 4 is 11.5 Å². The van der Waals surface area contributed by atoms with Gasteiger partial charge in [-0.15, -0.1) is 0 Å². The van der Waals surface area contributed by atoms with Crippen LogP contribution in [0.5, 0.6) is 11.5 Å². The second-order valence-electron chi connectivity index (χ2n) is 4.59. The zero-order chi connectivity index (χ0) is 15.6. The van der Waals surface area contributed by atoms with Crippen LogP contribution in [0.2, 0.25) is 0 Å². The van der Waals surface area contributed by atoms with Crippen LogP contribution in [-0.4, -0.2) is 20.0 Å². The maximum atomic E-state index is 14.2. The van der Waals surface area contributed by atoms with Gasteiger partial charge in [0.15, 0.2) is 5.78 Å². The fraction of sp³-hybridized carbons (Fsp3) is 0.188. The third kappa shape index (κ3) is 2.81. The Hall–Kier alpha value is -2.56. The number of anilines is 1. The van der Waals surface area contributed by atoms with Crippen molar-refractivity contribution in [1.29, 1.82) is 0 Å². The predicted molar refractivity (Wildman–Crippen MR) is 78.5 cm³/mol. The number of rotatable bonds is 4. The predicted octanol–water partition coefficient (Wildman–Crippen LogP) is 2.96. The number of halogens is 1. The lowest BCUT2D eigenvalue weighted by atomic mass is 9.99. The van der Waals surface area contributed by atoms with E-state index < -0.39 is 11.6 Å². The van der Waals surface area contributed by atoms with Crippen molar-refractivity contribution in [2.75, 3.05) is 20.0 Å². The molecular formula is C16H16FNO3. The van der Waals surface area contributed by atoms with Crippen molar-refractivity contribution in [3.63, 3.8) is 0 Å². The lowest BCUT2D eigenvalue weighted by molar-refractivity contribution is 0.103. The van der Waals surface area contributed by atoms with E-state index in [0.717, 1.165) is 0 Å². The lowest BCUT2D eigenvalue weighted by Crippen LogP contribution is -2.09. The van der Waals surface area contributed by atoms with Gasteiger partial charge in [0.1, 0.15) is 17.3 Å². The zero-order valence-electron chi connectivity index (χ0n) is 12.1. The number of methoxy groups -OCH3 is 2. The molecule has 2 rings (SSSR count). The van der Waals surface area contributed by atoms with Gasteiger partial charge < -0.3 is 15.2 Å². The van der Waals surface area contributed by atoms with Crippen LogP contribution in [0.1, 0.15) is 21.5 Å². The minimum atomic E-state index is -0.584. The summed E-state index contributed by atoms with van der Waals surface area (Å²) in [7, 11) is 2.93. The average molecular weight is 289 g/mol. The summed E-state index contributed by atoms with van der Waals surface area (Å²) in [6.45, 7) is 1.56. The van der Waals surface area contributed by atoms with E-state index in [9.17, 15) is 9.18 Å². The number of ether oxygens (including phenoxy) is 2. The molecule has 21 heavy (non-hydrogen) atoms. The molecule has 0 aromatic heterocycles. The SMILES string of the molecule is COc1ccc(OC)c(C(=O)c2cc(N)cc(C)c2F)c1. The maximum Gasteiger partial charge on any atom is 0.199 e. The van der Waals surface area contributed by atoms with Crippen LogP contribution in [0.15, 0.2) is 30.3 Å². The van der Waals surface area contributed by atoms with Gasteiger partial charge in [-0.05, 0) is 42.8 Å². The zero-order valence-corrected chi connectivity index (χ0v) is 12.1. The minimum Gasteiger partial charge on any atom is -0.497 e. The highest BCUT2D eigenvalue weighted by atomic mass is 19.1. The summed E-state index contributed by atoms with van der Waals surface area (Å²) in [5.74, 6) is -0.252. The van der Waals surface area contributed by atoms with Crippen molar-refractivity contribution in [2.24, 2.45) is 0 Å². The van der Waals surface area contributed by atoms with E-state index in [4.69, 9.17) is 15.2 Å². The number of hydrogen-bond donors (Lipinski definition) is 1. The molecule has 0 amide bonds. The number of carbonyl (C=O) groups is 1. The Kier molecular flexibility index (Phi) is 4.12. The smallest absolute Gasteiger partial charge is 0.199 e. The number of benzene rings is 2. The molecule has 0 radical (unpaired) electrons. The van der Waals surface area contributed by atoms with Crippen molar-refractivity contribution in [2.45, 2.75) is 6.92 Å². The number of aryl methyl sites for hydroxylation is 1. The second-order valence-corrected chi connectivity index (χ2v) is 4.59. The molecular weight excluding hydrogens is 273 g/mol. The molecule has 0 fully saturated rings. The molecule has 5 heteroatoms. The second kappa shape index (κ2) is 5.83. The Morgan fingerprint density at radius 2 is 1.81 bits per heavy atom. The summed E-state index contributed by atoms with van der Waals surface area (Å²) >= 11 is 0. The molecule has 0 saturated carbocycles. The van der Waals surface area contributed by atoms with E-state index in [1.54, 1.807) is 19.1 Å². The molecule has 0 unspecified atom stereocenters. The van der Waals surface area contributed by atoms with Crippen molar-refractivity contribution in [1.82, 2.24) is 0 Å². The molecule has 0 spiro atoms. The molecule has 0 aliphatic heterocycles. The molecule has 2 aromatic rings. The number of ketones is 1. The van der Waals surface area contributed by atoms with E-state index in [1.807, 2.05) is 0 Å². The standard InChI is InChI=1S/C16H16FNO3/c1-9-6-10(18)7-13(15(9)17)16(19)12-8-11(20-2)4-5-14(12)21-3/h4-8H,18H2,1-3H3. The third-order valence-corrected chi connectivity index (χ3v) is 3.17. The first-order valence-electron chi connectivity index (χ1n) is 6.30. The van der Waals surface area contributed by atoms with Crippen molar-refractivity contribution in [3.05, 3.63) is 52.8 Å². The van der Waals surface area contributed by atoms with Gasteiger partial charge in [-0.2, -0.15) is 0 Å². The van der Waals surface area contributed by atoms with Crippen LogP contribution < -0.4 is 15.2 Å². The van der Waals surface area contributed by atoms with E-state index in [1.165, 1.54) is 32.4 Å². The van der Waals surface area contributed by atoms with E-state index >= 15 is 0 Å². The average Bonchev–Trinajstić information content (AvgIpc) is 2.49. The van der Waals surface area contributed by atoms with E-state index in [-0.39, 0.29) is 11.1 Å². The summed E-state index contributed by atoms with van der Waals surface area (Å²) < 4.78 is 24.4. The summed E-state index contributed by atoms with van der Waals surface area (Å²) in [6.07, 6.45) is 0. The molecule has 110 valence electrons. The van der Waals surface area contributed by atoms with Gasteiger partial charge in [-0.1, -0.05) is 0 Å². The maximum absolute atomic E-state index is 14.2. The van der Waals surface area contributed by atoms with Crippen LogP contribution in [0.25, 0.3) is 0 Å². The molecule has 0 heterocycles. The van der Waals surface area contributed by atoms with Gasteiger partial charge in [0.25, 0.3) is 0 Å². The van der Waals surface area contributed by atoms with Crippen LogP contribution >= 0.6 is 0 Å². The first-order chi connectivity index (χ1) is 9.97. The summed E-state index contributed by atoms with van der Waals surface area (Å²) in [6, 6.07) is 7.58. The number of carbonyl (C=O) groups excluding carboxylic acids is 1. The van der Waals surface area contributed by atoms with Gasteiger partial charge >= 0.3 is 0 Å². The van der Waals surface area contributed by atoms with Crippen LogP contribution in [0.4, 0.5) is 10.1 Å². The van der Waals surface area contributed by atoms with E-state index in [0.29, 0.717) is 22.7 Å². The van der Waals surface area contributed by atoms with Gasteiger partial charge in [0, 0.05) is 5.69 Å². The molecule has 0 aliphatic rings. The van der Waals surface area contributed by atoms with E-state index in [2.05, 4.69) is 0 Å². The van der Waals surface area contributed by atoms with Gasteiger partial charge in [-0.3, -0.25) is 4.79 Å². The first kappa shape index (κ1) is 14.8. The fourth-order valence-electron chi connectivity index (χ4n) is 2.10. The minimum absolute atomic E-state index is 0.0842. The quantitative estimate of drug-likeness (QED) is 0.694. The Morgan fingerprint density at radius 3 is 2.43 bits per heavy atom. The molecule has 0 aliphatic carbocycles. The van der Waals surface area contributed by atoms with Crippen molar-refractivity contribution in [3.8, 4) is 11.5 Å². The first-order valence-corrected chi connectivity index (χ1v) is 6.30. The van der Waals surface area contributed by atoms with Gasteiger partial charge in [0.05, 0.1) is 25.3 Å².